The highest BCUT2D eigenvalue weighted by Crippen LogP contribution is 2.26. The summed E-state index contributed by atoms with van der Waals surface area (Å²) in [5.41, 5.74) is 0.816. The average Bonchev–Trinajstić information content (AvgIpc) is 2.41. The van der Waals surface area contributed by atoms with Gasteiger partial charge in [-0.25, -0.2) is 0 Å². The minimum Gasteiger partial charge on any atom is -0.345 e. The molecule has 0 radical (unpaired) electrons. The quantitative estimate of drug-likeness (QED) is 0.814. The summed E-state index contributed by atoms with van der Waals surface area (Å²) in [6.45, 7) is 5.61. The van der Waals surface area contributed by atoms with Gasteiger partial charge in [-0.1, -0.05) is 36.4 Å². The first kappa shape index (κ1) is 12.4. The standard InChI is InChI=1S/C14H16N2O2/c1-3-10(2)16-12(17)9-15-14(18)13(16)11-7-5-4-6-8-11/h3-8,10,13H,1,9H2,2H3,(H,15,18). The van der Waals surface area contributed by atoms with Crippen LogP contribution in [0.2, 0.25) is 0 Å². The van der Waals surface area contributed by atoms with Crippen molar-refractivity contribution >= 4 is 11.8 Å². The molecule has 1 aliphatic rings. The van der Waals surface area contributed by atoms with Gasteiger partial charge in [0.1, 0.15) is 6.04 Å². The van der Waals surface area contributed by atoms with Crippen LogP contribution < -0.4 is 5.32 Å². The first-order valence-electron chi connectivity index (χ1n) is 5.91. The summed E-state index contributed by atoms with van der Waals surface area (Å²) in [6.07, 6.45) is 1.67. The Kier molecular flexibility index (Phi) is 3.46. The zero-order chi connectivity index (χ0) is 13.1. The van der Waals surface area contributed by atoms with Gasteiger partial charge < -0.3 is 10.2 Å². The third kappa shape index (κ3) is 2.14. The average molecular weight is 244 g/mol. The molecule has 2 atom stereocenters. The minimum absolute atomic E-state index is 0.0559. The van der Waals surface area contributed by atoms with Crippen LogP contribution in [0.5, 0.6) is 0 Å². The second-order valence-corrected chi connectivity index (χ2v) is 4.31. The maximum absolute atomic E-state index is 12.0. The van der Waals surface area contributed by atoms with Crippen molar-refractivity contribution < 1.29 is 9.59 Å². The third-order valence-electron chi connectivity index (χ3n) is 3.12. The van der Waals surface area contributed by atoms with Gasteiger partial charge in [0.05, 0.1) is 6.54 Å². The van der Waals surface area contributed by atoms with Crippen LogP contribution in [0.3, 0.4) is 0 Å². The van der Waals surface area contributed by atoms with Gasteiger partial charge in [0.15, 0.2) is 0 Å². The molecular formula is C14H16N2O2. The molecule has 2 rings (SSSR count). The number of benzene rings is 1. The van der Waals surface area contributed by atoms with E-state index in [0.717, 1.165) is 5.56 Å². The van der Waals surface area contributed by atoms with Gasteiger partial charge in [-0.05, 0) is 12.5 Å². The number of nitrogens with zero attached hydrogens (tertiary/aromatic N) is 1. The summed E-state index contributed by atoms with van der Waals surface area (Å²) in [5, 5.41) is 2.62. The first-order valence-corrected chi connectivity index (χ1v) is 5.91. The number of rotatable bonds is 3. The maximum atomic E-state index is 12.0. The Bertz CT molecular complexity index is 470. The van der Waals surface area contributed by atoms with Crippen molar-refractivity contribution in [3.8, 4) is 0 Å². The smallest absolute Gasteiger partial charge is 0.247 e. The van der Waals surface area contributed by atoms with E-state index in [9.17, 15) is 9.59 Å². The highest BCUT2D eigenvalue weighted by molar-refractivity contribution is 5.95. The summed E-state index contributed by atoms with van der Waals surface area (Å²) in [7, 11) is 0. The number of amides is 2. The number of hydrogen-bond acceptors (Lipinski definition) is 2. The molecule has 1 aromatic rings. The van der Waals surface area contributed by atoms with Crippen LogP contribution in [0.25, 0.3) is 0 Å². The molecule has 2 amide bonds. The summed E-state index contributed by atoms with van der Waals surface area (Å²) < 4.78 is 0. The summed E-state index contributed by atoms with van der Waals surface area (Å²) in [4.78, 5) is 25.6. The number of carbonyl (C=O) groups is 2. The minimum atomic E-state index is -0.569. The number of nitrogens with one attached hydrogen (secondary N) is 1. The fourth-order valence-corrected chi connectivity index (χ4v) is 2.14. The molecule has 0 aliphatic carbocycles. The molecule has 1 aliphatic heterocycles. The van der Waals surface area contributed by atoms with Crippen LogP contribution in [0.1, 0.15) is 18.5 Å². The molecule has 94 valence electrons. The third-order valence-corrected chi connectivity index (χ3v) is 3.12. The lowest BCUT2D eigenvalue weighted by molar-refractivity contribution is -0.147. The highest BCUT2D eigenvalue weighted by Gasteiger charge is 2.37. The summed E-state index contributed by atoms with van der Waals surface area (Å²) in [5.74, 6) is -0.231. The topological polar surface area (TPSA) is 49.4 Å². The van der Waals surface area contributed by atoms with E-state index in [-0.39, 0.29) is 24.4 Å². The lowest BCUT2D eigenvalue weighted by Gasteiger charge is -2.38. The Morgan fingerprint density at radius 3 is 2.67 bits per heavy atom. The molecule has 18 heavy (non-hydrogen) atoms. The van der Waals surface area contributed by atoms with E-state index in [0.29, 0.717) is 0 Å². The molecule has 1 saturated heterocycles. The Labute approximate surface area is 106 Å². The first-order chi connectivity index (χ1) is 8.65. The monoisotopic (exact) mass is 244 g/mol. The fraction of sp³-hybridized carbons (Fsp3) is 0.286. The van der Waals surface area contributed by atoms with Gasteiger partial charge in [0, 0.05) is 6.04 Å². The molecule has 0 aromatic heterocycles. The van der Waals surface area contributed by atoms with Gasteiger partial charge in [0.25, 0.3) is 0 Å². The highest BCUT2D eigenvalue weighted by atomic mass is 16.2. The van der Waals surface area contributed by atoms with E-state index in [2.05, 4.69) is 11.9 Å². The fourth-order valence-electron chi connectivity index (χ4n) is 2.14. The molecule has 4 heteroatoms. The predicted octanol–water partition coefficient (Wildman–Crippen LogP) is 1.26. The molecule has 0 saturated carbocycles. The van der Waals surface area contributed by atoms with Crippen LogP contribution in [-0.2, 0) is 9.59 Å². The van der Waals surface area contributed by atoms with Crippen LogP contribution in [-0.4, -0.2) is 29.3 Å². The Hall–Kier alpha value is -2.10. The van der Waals surface area contributed by atoms with E-state index < -0.39 is 6.04 Å². The lowest BCUT2D eigenvalue weighted by atomic mass is 10.0. The second kappa shape index (κ2) is 5.04. The molecule has 4 nitrogen and oxygen atoms in total. The van der Waals surface area contributed by atoms with Gasteiger partial charge in [0.2, 0.25) is 11.8 Å². The Balaban J connectivity index is 2.41. The van der Waals surface area contributed by atoms with Crippen LogP contribution >= 0.6 is 0 Å². The molecular weight excluding hydrogens is 228 g/mol. The maximum Gasteiger partial charge on any atom is 0.247 e. The van der Waals surface area contributed by atoms with Crippen molar-refractivity contribution in [1.29, 1.82) is 0 Å². The van der Waals surface area contributed by atoms with Gasteiger partial charge in [-0.15, -0.1) is 6.58 Å². The van der Waals surface area contributed by atoms with Crippen molar-refractivity contribution in [3.05, 3.63) is 48.6 Å². The van der Waals surface area contributed by atoms with Crippen LogP contribution in [0.15, 0.2) is 43.0 Å². The lowest BCUT2D eigenvalue weighted by Crippen LogP contribution is -2.55. The SMILES string of the molecule is C=CC(C)N1C(=O)CNC(=O)C1c1ccccc1. The van der Waals surface area contributed by atoms with Crippen LogP contribution in [0, 0.1) is 0 Å². The van der Waals surface area contributed by atoms with Crippen molar-refractivity contribution in [2.75, 3.05) is 6.54 Å². The molecule has 1 aromatic carbocycles. The van der Waals surface area contributed by atoms with E-state index in [1.54, 1.807) is 11.0 Å². The molecule has 2 unspecified atom stereocenters. The van der Waals surface area contributed by atoms with E-state index >= 15 is 0 Å². The molecule has 0 spiro atoms. The zero-order valence-corrected chi connectivity index (χ0v) is 10.3. The molecule has 0 bridgehead atoms. The molecule has 1 fully saturated rings. The van der Waals surface area contributed by atoms with Crippen molar-refractivity contribution in [2.45, 2.75) is 19.0 Å². The van der Waals surface area contributed by atoms with Gasteiger partial charge in [-0.3, -0.25) is 9.59 Å². The van der Waals surface area contributed by atoms with Gasteiger partial charge in [-0.2, -0.15) is 0 Å². The zero-order valence-electron chi connectivity index (χ0n) is 10.3. The number of piperazine rings is 1. The van der Waals surface area contributed by atoms with Crippen molar-refractivity contribution in [3.63, 3.8) is 0 Å². The van der Waals surface area contributed by atoms with Gasteiger partial charge >= 0.3 is 0 Å². The largest absolute Gasteiger partial charge is 0.345 e. The Morgan fingerprint density at radius 1 is 1.39 bits per heavy atom. The molecule has 1 N–H and O–H groups in total. The van der Waals surface area contributed by atoms with E-state index in [1.807, 2.05) is 37.3 Å². The van der Waals surface area contributed by atoms with Crippen LogP contribution in [0.4, 0.5) is 0 Å². The predicted molar refractivity (Wildman–Crippen MR) is 68.7 cm³/mol. The summed E-state index contributed by atoms with van der Waals surface area (Å²) in [6, 6.07) is 8.57. The number of hydrogen-bond donors (Lipinski definition) is 1. The summed E-state index contributed by atoms with van der Waals surface area (Å²) >= 11 is 0. The van der Waals surface area contributed by atoms with Crippen molar-refractivity contribution in [2.24, 2.45) is 0 Å². The van der Waals surface area contributed by atoms with Crippen molar-refractivity contribution in [1.82, 2.24) is 10.2 Å². The van der Waals surface area contributed by atoms with E-state index in [4.69, 9.17) is 0 Å². The van der Waals surface area contributed by atoms with E-state index in [1.165, 1.54) is 0 Å². The normalized spacial score (nSPS) is 21.4. The molecule has 1 heterocycles. The second-order valence-electron chi connectivity index (χ2n) is 4.31. The Morgan fingerprint density at radius 2 is 2.06 bits per heavy atom. The number of carbonyl (C=O) groups excluding carboxylic acids is 2.